The van der Waals surface area contributed by atoms with Crippen molar-refractivity contribution in [3.05, 3.63) is 0 Å². The average molecular weight is 245 g/mol. The topological polar surface area (TPSA) is 20.2 Å². The van der Waals surface area contributed by atoms with Crippen molar-refractivity contribution in [1.29, 1.82) is 0 Å². The van der Waals surface area contributed by atoms with Crippen molar-refractivity contribution >= 4 is 15.9 Å². The molecule has 0 aromatic carbocycles. The van der Waals surface area contributed by atoms with Gasteiger partial charge in [0, 0.05) is 4.32 Å². The summed E-state index contributed by atoms with van der Waals surface area (Å²) < 4.78 is 0.408. The molecule has 0 aliphatic heterocycles. The Bertz CT molecular complexity index is 230. The number of aliphatic hydroxyl groups is 1. The fourth-order valence-corrected chi connectivity index (χ4v) is 5.35. The van der Waals surface area contributed by atoms with Crippen molar-refractivity contribution in [2.45, 2.75) is 49.0 Å². The third kappa shape index (κ3) is 1.08. The number of hydrogen-bond donors (Lipinski definition) is 1. The Labute approximate surface area is 88.0 Å². The minimum Gasteiger partial charge on any atom is -0.390 e. The van der Waals surface area contributed by atoms with Gasteiger partial charge in [0.2, 0.25) is 0 Å². The van der Waals surface area contributed by atoms with Crippen LogP contribution in [-0.2, 0) is 0 Å². The first kappa shape index (κ1) is 8.72. The van der Waals surface area contributed by atoms with Gasteiger partial charge < -0.3 is 5.11 Å². The first-order valence-electron chi connectivity index (χ1n) is 5.41. The van der Waals surface area contributed by atoms with E-state index >= 15 is 0 Å². The van der Waals surface area contributed by atoms with Crippen molar-refractivity contribution < 1.29 is 5.11 Å². The van der Waals surface area contributed by atoms with Gasteiger partial charge >= 0.3 is 0 Å². The van der Waals surface area contributed by atoms with Crippen molar-refractivity contribution in [2.24, 2.45) is 17.8 Å². The molecule has 2 heteroatoms. The Morgan fingerprint density at radius 3 is 2.15 bits per heavy atom. The summed E-state index contributed by atoms with van der Waals surface area (Å²) in [5.41, 5.74) is -0.353. The van der Waals surface area contributed by atoms with E-state index in [0.717, 1.165) is 5.92 Å². The highest BCUT2D eigenvalue weighted by Gasteiger charge is 2.58. The molecule has 74 valence electrons. The van der Waals surface area contributed by atoms with E-state index < -0.39 is 0 Å². The molecule has 13 heavy (non-hydrogen) atoms. The number of halogens is 1. The number of hydrogen-bond acceptors (Lipinski definition) is 1. The zero-order valence-corrected chi connectivity index (χ0v) is 9.68. The zero-order chi connectivity index (χ0) is 9.27. The highest BCUT2D eigenvalue weighted by molar-refractivity contribution is 9.10. The predicted octanol–water partition coefficient (Wildman–Crippen LogP) is 2.71. The summed E-state index contributed by atoms with van der Waals surface area (Å²) in [5.74, 6) is 2.04. The molecule has 3 unspecified atom stereocenters. The molecule has 5 atom stereocenters. The van der Waals surface area contributed by atoms with Gasteiger partial charge in [0.05, 0.1) is 5.60 Å². The Balaban J connectivity index is 1.99. The first-order chi connectivity index (χ1) is 6.00. The molecule has 0 spiro atoms. The predicted molar refractivity (Wildman–Crippen MR) is 55.8 cm³/mol. The van der Waals surface area contributed by atoms with Gasteiger partial charge in [-0.2, -0.15) is 0 Å². The maximum Gasteiger partial charge on any atom is 0.0677 e. The third-order valence-corrected chi connectivity index (χ3v) is 5.74. The quantitative estimate of drug-likeness (QED) is 0.650. The summed E-state index contributed by atoms with van der Waals surface area (Å²) >= 11 is 3.90. The van der Waals surface area contributed by atoms with Gasteiger partial charge in [-0.05, 0) is 56.8 Å². The Morgan fingerprint density at radius 1 is 1.15 bits per heavy atom. The lowest BCUT2D eigenvalue weighted by Crippen LogP contribution is -2.60. The highest BCUT2D eigenvalue weighted by Crippen LogP contribution is 2.62. The summed E-state index contributed by atoms with van der Waals surface area (Å²) in [4.78, 5) is 0. The summed E-state index contributed by atoms with van der Waals surface area (Å²) in [5, 5.41) is 10.4. The maximum absolute atomic E-state index is 10.4. The van der Waals surface area contributed by atoms with Crippen LogP contribution in [0.4, 0.5) is 0 Å². The second-order valence-electron chi connectivity index (χ2n) is 5.72. The fraction of sp³-hybridized carbons (Fsp3) is 1.00. The van der Waals surface area contributed by atoms with E-state index in [1.807, 2.05) is 0 Å². The Kier molecular flexibility index (Phi) is 1.56. The van der Waals surface area contributed by atoms with E-state index in [1.54, 1.807) is 0 Å². The molecular formula is C11H17BrO. The molecule has 4 fully saturated rings. The lowest BCUT2D eigenvalue weighted by Gasteiger charge is -2.61. The number of rotatable bonds is 0. The minimum absolute atomic E-state index is 0.353. The number of alkyl halides is 1. The molecular weight excluding hydrogens is 228 g/mol. The van der Waals surface area contributed by atoms with Gasteiger partial charge in [0.15, 0.2) is 0 Å². The molecule has 4 aliphatic rings. The van der Waals surface area contributed by atoms with E-state index in [4.69, 9.17) is 0 Å². The molecule has 0 radical (unpaired) electrons. The lowest BCUT2D eigenvalue weighted by atomic mass is 9.50. The van der Waals surface area contributed by atoms with Crippen LogP contribution in [-0.4, -0.2) is 15.0 Å². The largest absolute Gasteiger partial charge is 0.390 e. The smallest absolute Gasteiger partial charge is 0.0677 e. The molecule has 0 aromatic rings. The molecule has 0 aromatic heterocycles. The van der Waals surface area contributed by atoms with Crippen LogP contribution in [0.3, 0.4) is 0 Å². The van der Waals surface area contributed by atoms with Crippen LogP contribution >= 0.6 is 15.9 Å². The molecule has 1 N–H and O–H groups in total. The standard InChI is InChI=1S/C11H17BrO/c1-10(13)8-2-7-3-9(10)6-11(12,4-7)5-8/h7-9,13H,2-6H2,1H3/t7?,8-,9+,10?,11?. The van der Waals surface area contributed by atoms with Crippen LogP contribution in [0.1, 0.15) is 39.0 Å². The second-order valence-corrected chi connectivity index (χ2v) is 7.40. The highest BCUT2D eigenvalue weighted by atomic mass is 79.9. The van der Waals surface area contributed by atoms with Crippen LogP contribution in [0, 0.1) is 17.8 Å². The minimum atomic E-state index is -0.353. The maximum atomic E-state index is 10.4. The summed E-state index contributed by atoms with van der Waals surface area (Å²) in [7, 11) is 0. The van der Waals surface area contributed by atoms with Crippen LogP contribution in [0.15, 0.2) is 0 Å². The van der Waals surface area contributed by atoms with E-state index in [1.165, 1.54) is 32.1 Å². The van der Waals surface area contributed by atoms with Gasteiger partial charge in [0.25, 0.3) is 0 Å². The van der Waals surface area contributed by atoms with Crippen molar-refractivity contribution in [2.75, 3.05) is 0 Å². The molecule has 1 nitrogen and oxygen atoms in total. The summed E-state index contributed by atoms with van der Waals surface area (Å²) in [6.45, 7) is 2.07. The second kappa shape index (κ2) is 2.33. The molecule has 4 aliphatic carbocycles. The molecule has 4 bridgehead atoms. The van der Waals surface area contributed by atoms with Gasteiger partial charge in [-0.15, -0.1) is 0 Å². The molecule has 0 amide bonds. The molecule has 4 rings (SSSR count). The summed E-state index contributed by atoms with van der Waals surface area (Å²) in [6.07, 6.45) is 6.31. The van der Waals surface area contributed by atoms with Crippen molar-refractivity contribution in [3.8, 4) is 0 Å². The normalized spacial score (nSPS) is 64.4. The van der Waals surface area contributed by atoms with Gasteiger partial charge in [0.1, 0.15) is 0 Å². The van der Waals surface area contributed by atoms with Gasteiger partial charge in [-0.1, -0.05) is 15.9 Å². The van der Waals surface area contributed by atoms with Crippen LogP contribution < -0.4 is 0 Å². The van der Waals surface area contributed by atoms with E-state index in [2.05, 4.69) is 22.9 Å². The molecule has 0 saturated heterocycles. The Hall–Kier alpha value is 0.440. The SMILES string of the molecule is CC1(O)[C@@H]2CC3C[C@H]1CC(Br)(C3)C2. The van der Waals surface area contributed by atoms with Crippen molar-refractivity contribution in [1.82, 2.24) is 0 Å². The summed E-state index contributed by atoms with van der Waals surface area (Å²) in [6, 6.07) is 0. The lowest BCUT2D eigenvalue weighted by molar-refractivity contribution is -0.152. The first-order valence-corrected chi connectivity index (χ1v) is 6.20. The third-order valence-electron chi connectivity index (χ3n) is 4.77. The average Bonchev–Trinajstić information content (AvgIpc) is 1.97. The van der Waals surface area contributed by atoms with Crippen LogP contribution in [0.5, 0.6) is 0 Å². The van der Waals surface area contributed by atoms with E-state index in [0.29, 0.717) is 16.2 Å². The van der Waals surface area contributed by atoms with E-state index in [-0.39, 0.29) is 5.60 Å². The Morgan fingerprint density at radius 2 is 1.69 bits per heavy atom. The van der Waals surface area contributed by atoms with Crippen LogP contribution in [0.25, 0.3) is 0 Å². The van der Waals surface area contributed by atoms with E-state index in [9.17, 15) is 5.11 Å². The monoisotopic (exact) mass is 244 g/mol. The molecule has 0 heterocycles. The fourth-order valence-electron chi connectivity index (χ4n) is 4.11. The molecule has 4 saturated carbocycles. The van der Waals surface area contributed by atoms with Gasteiger partial charge in [-0.3, -0.25) is 0 Å². The zero-order valence-electron chi connectivity index (χ0n) is 8.09. The van der Waals surface area contributed by atoms with Gasteiger partial charge in [-0.25, -0.2) is 0 Å². The van der Waals surface area contributed by atoms with Crippen molar-refractivity contribution in [3.63, 3.8) is 0 Å². The van der Waals surface area contributed by atoms with Crippen LogP contribution in [0.2, 0.25) is 0 Å².